The van der Waals surface area contributed by atoms with Crippen LogP contribution in [0.1, 0.15) is 11.6 Å². The zero-order valence-electron chi connectivity index (χ0n) is 7.70. The second-order valence-electron chi connectivity index (χ2n) is 2.80. The first kappa shape index (κ1) is 11.1. The van der Waals surface area contributed by atoms with Crippen molar-refractivity contribution >= 4 is 11.6 Å². The molecule has 0 saturated carbocycles. The van der Waals surface area contributed by atoms with Crippen LogP contribution in [-0.4, -0.2) is 23.9 Å². The van der Waals surface area contributed by atoms with Gasteiger partial charge < -0.3 is 20.7 Å². The van der Waals surface area contributed by atoms with Crippen molar-refractivity contribution in [1.82, 2.24) is 0 Å². The van der Waals surface area contributed by atoms with Crippen molar-refractivity contribution in [2.24, 2.45) is 5.73 Å². The third-order valence-corrected chi connectivity index (χ3v) is 2.22. The minimum absolute atomic E-state index is 0.146. The van der Waals surface area contributed by atoms with Crippen molar-refractivity contribution in [2.75, 3.05) is 13.7 Å². The molecule has 0 radical (unpaired) electrons. The molecule has 1 atom stereocenters. The summed E-state index contributed by atoms with van der Waals surface area (Å²) in [5.74, 6) is 0.265. The highest BCUT2D eigenvalue weighted by Gasteiger charge is 2.18. The predicted molar refractivity (Wildman–Crippen MR) is 53.7 cm³/mol. The first-order valence-corrected chi connectivity index (χ1v) is 4.41. The molecule has 0 aliphatic rings. The van der Waals surface area contributed by atoms with Crippen molar-refractivity contribution in [3.05, 3.63) is 22.7 Å². The van der Waals surface area contributed by atoms with Crippen LogP contribution in [0.2, 0.25) is 5.02 Å². The topological polar surface area (TPSA) is 75.7 Å². The SMILES string of the molecule is COc1ccc(Cl)c(O)c1[C@@H](N)CO. The van der Waals surface area contributed by atoms with Gasteiger partial charge in [-0.25, -0.2) is 0 Å². The Morgan fingerprint density at radius 3 is 2.71 bits per heavy atom. The molecule has 0 unspecified atom stereocenters. The van der Waals surface area contributed by atoms with E-state index >= 15 is 0 Å². The largest absolute Gasteiger partial charge is 0.506 e. The fourth-order valence-electron chi connectivity index (χ4n) is 1.19. The summed E-state index contributed by atoms with van der Waals surface area (Å²) >= 11 is 5.70. The van der Waals surface area contributed by atoms with Gasteiger partial charge in [0.2, 0.25) is 0 Å². The standard InChI is InChI=1S/C9H12ClNO3/c1-14-7-3-2-5(10)9(13)8(7)6(11)4-12/h2-3,6,12-13H,4,11H2,1H3/t6-/m0/s1. The number of aliphatic hydroxyl groups is 1. The summed E-state index contributed by atoms with van der Waals surface area (Å²) in [6.07, 6.45) is 0. The van der Waals surface area contributed by atoms with Crippen LogP contribution >= 0.6 is 11.6 Å². The van der Waals surface area contributed by atoms with Crippen molar-refractivity contribution in [1.29, 1.82) is 0 Å². The van der Waals surface area contributed by atoms with Crippen LogP contribution in [0, 0.1) is 0 Å². The quantitative estimate of drug-likeness (QED) is 0.707. The summed E-state index contributed by atoms with van der Waals surface area (Å²) in [6, 6.07) is 2.39. The highest BCUT2D eigenvalue weighted by Crippen LogP contribution is 2.37. The molecule has 0 saturated heterocycles. The molecule has 0 aromatic heterocycles. The summed E-state index contributed by atoms with van der Waals surface area (Å²) in [5.41, 5.74) is 5.91. The number of hydrogen-bond acceptors (Lipinski definition) is 4. The number of nitrogens with two attached hydrogens (primary N) is 1. The lowest BCUT2D eigenvalue weighted by atomic mass is 10.1. The molecule has 4 nitrogen and oxygen atoms in total. The van der Waals surface area contributed by atoms with Crippen molar-refractivity contribution in [2.45, 2.75) is 6.04 Å². The summed E-state index contributed by atoms with van der Waals surface area (Å²) in [5, 5.41) is 18.7. The molecule has 0 fully saturated rings. The lowest BCUT2D eigenvalue weighted by Gasteiger charge is -2.15. The van der Waals surface area contributed by atoms with Crippen molar-refractivity contribution < 1.29 is 14.9 Å². The van der Waals surface area contributed by atoms with Gasteiger partial charge in [0, 0.05) is 0 Å². The van der Waals surface area contributed by atoms with E-state index in [0.29, 0.717) is 11.3 Å². The fraction of sp³-hybridized carbons (Fsp3) is 0.333. The number of aromatic hydroxyl groups is 1. The van der Waals surface area contributed by atoms with Crippen LogP contribution in [0.5, 0.6) is 11.5 Å². The highest BCUT2D eigenvalue weighted by molar-refractivity contribution is 6.32. The molecule has 0 heterocycles. The maximum atomic E-state index is 9.61. The van der Waals surface area contributed by atoms with Crippen LogP contribution < -0.4 is 10.5 Å². The molecule has 0 aliphatic carbocycles. The number of benzene rings is 1. The Kier molecular flexibility index (Phi) is 3.57. The minimum atomic E-state index is -0.705. The van der Waals surface area contributed by atoms with E-state index in [4.69, 9.17) is 27.2 Å². The Labute approximate surface area is 86.9 Å². The molecule has 1 aromatic carbocycles. The molecule has 78 valence electrons. The third-order valence-electron chi connectivity index (χ3n) is 1.92. The van der Waals surface area contributed by atoms with Gasteiger partial charge >= 0.3 is 0 Å². The summed E-state index contributed by atoms with van der Waals surface area (Å²) in [7, 11) is 1.45. The van der Waals surface area contributed by atoms with Gasteiger partial charge in [0.1, 0.15) is 11.5 Å². The van der Waals surface area contributed by atoms with Gasteiger partial charge in [-0.15, -0.1) is 0 Å². The maximum absolute atomic E-state index is 9.61. The Morgan fingerprint density at radius 1 is 1.57 bits per heavy atom. The molecule has 0 aliphatic heterocycles. The van der Waals surface area contributed by atoms with Crippen molar-refractivity contribution in [3.8, 4) is 11.5 Å². The second kappa shape index (κ2) is 4.50. The number of rotatable bonds is 3. The zero-order chi connectivity index (χ0) is 10.7. The molecule has 4 N–H and O–H groups in total. The van der Waals surface area contributed by atoms with Crippen LogP contribution in [0.3, 0.4) is 0 Å². The van der Waals surface area contributed by atoms with E-state index < -0.39 is 6.04 Å². The molecule has 0 amide bonds. The molecule has 0 bridgehead atoms. The van der Waals surface area contributed by atoms with Crippen LogP contribution in [-0.2, 0) is 0 Å². The minimum Gasteiger partial charge on any atom is -0.506 e. The first-order valence-electron chi connectivity index (χ1n) is 4.03. The number of methoxy groups -OCH3 is 1. The number of phenols is 1. The third kappa shape index (κ3) is 1.92. The Hall–Kier alpha value is -0.970. The summed E-state index contributed by atoms with van der Waals surface area (Å²) < 4.78 is 4.99. The molecule has 14 heavy (non-hydrogen) atoms. The normalized spacial score (nSPS) is 12.6. The number of hydrogen-bond donors (Lipinski definition) is 3. The average molecular weight is 218 g/mol. The Morgan fingerprint density at radius 2 is 2.21 bits per heavy atom. The molecule has 1 aromatic rings. The van der Waals surface area contributed by atoms with E-state index in [1.54, 1.807) is 6.07 Å². The van der Waals surface area contributed by atoms with Crippen LogP contribution in [0.15, 0.2) is 12.1 Å². The molecule has 5 heteroatoms. The average Bonchev–Trinajstić information content (AvgIpc) is 2.20. The molecule has 0 spiro atoms. The fourth-order valence-corrected chi connectivity index (χ4v) is 1.36. The summed E-state index contributed by atoms with van der Waals surface area (Å²) in [6.45, 7) is -0.287. The monoisotopic (exact) mass is 217 g/mol. The van der Waals surface area contributed by atoms with Gasteiger partial charge in [-0.3, -0.25) is 0 Å². The maximum Gasteiger partial charge on any atom is 0.142 e. The zero-order valence-corrected chi connectivity index (χ0v) is 8.45. The number of phenolic OH excluding ortho intramolecular Hbond substituents is 1. The van der Waals surface area contributed by atoms with E-state index in [0.717, 1.165) is 0 Å². The van der Waals surface area contributed by atoms with E-state index in [2.05, 4.69) is 0 Å². The Bertz CT molecular complexity index is 330. The van der Waals surface area contributed by atoms with Crippen LogP contribution in [0.4, 0.5) is 0 Å². The van der Waals surface area contributed by atoms with E-state index in [1.165, 1.54) is 13.2 Å². The number of aliphatic hydroxyl groups excluding tert-OH is 1. The van der Waals surface area contributed by atoms with Gasteiger partial charge in [-0.05, 0) is 12.1 Å². The lowest BCUT2D eigenvalue weighted by Crippen LogP contribution is -2.15. The molecular weight excluding hydrogens is 206 g/mol. The van der Waals surface area contributed by atoms with E-state index in [-0.39, 0.29) is 17.4 Å². The van der Waals surface area contributed by atoms with Crippen LogP contribution in [0.25, 0.3) is 0 Å². The van der Waals surface area contributed by atoms with Gasteiger partial charge in [0.05, 0.1) is 30.3 Å². The van der Waals surface area contributed by atoms with E-state index in [9.17, 15) is 5.11 Å². The first-order chi connectivity index (χ1) is 6.61. The van der Waals surface area contributed by atoms with Gasteiger partial charge in [0.25, 0.3) is 0 Å². The number of halogens is 1. The second-order valence-corrected chi connectivity index (χ2v) is 3.21. The van der Waals surface area contributed by atoms with E-state index in [1.807, 2.05) is 0 Å². The lowest BCUT2D eigenvalue weighted by molar-refractivity contribution is 0.261. The van der Waals surface area contributed by atoms with Gasteiger partial charge in [-0.1, -0.05) is 11.6 Å². The molecular formula is C9H12ClNO3. The smallest absolute Gasteiger partial charge is 0.142 e. The predicted octanol–water partition coefficient (Wildman–Crippen LogP) is 1.05. The number of ether oxygens (including phenoxy) is 1. The Balaban J connectivity index is 3.27. The summed E-state index contributed by atoms with van der Waals surface area (Å²) in [4.78, 5) is 0. The van der Waals surface area contributed by atoms with Crippen molar-refractivity contribution in [3.63, 3.8) is 0 Å². The van der Waals surface area contributed by atoms with Gasteiger partial charge in [0.15, 0.2) is 0 Å². The highest BCUT2D eigenvalue weighted by atomic mass is 35.5. The molecule has 1 rings (SSSR count). The van der Waals surface area contributed by atoms with Gasteiger partial charge in [-0.2, -0.15) is 0 Å².